The average Bonchev–Trinajstić information content (AvgIpc) is 2.57. The van der Waals surface area contributed by atoms with Crippen molar-refractivity contribution in [2.24, 2.45) is 10.9 Å². The molecule has 6 nitrogen and oxygen atoms in total. The summed E-state index contributed by atoms with van der Waals surface area (Å²) in [6.45, 7) is 12.7. The highest BCUT2D eigenvalue weighted by Crippen LogP contribution is 2.20. The molecule has 1 saturated heterocycles. The summed E-state index contributed by atoms with van der Waals surface area (Å²) in [7, 11) is 1.42. The Labute approximate surface area is 164 Å². The molecule has 0 saturated carbocycles. The van der Waals surface area contributed by atoms with E-state index in [-0.39, 0.29) is 41.4 Å². The molecule has 1 fully saturated rings. The maximum atomic E-state index is 11.5. The van der Waals surface area contributed by atoms with E-state index >= 15 is 0 Å². The number of nitrogens with zero attached hydrogens (tertiary/aromatic N) is 2. The molecule has 0 bridgehead atoms. The van der Waals surface area contributed by atoms with Gasteiger partial charge >= 0.3 is 5.97 Å². The van der Waals surface area contributed by atoms with Crippen LogP contribution in [-0.4, -0.2) is 62.2 Å². The number of guanidine groups is 1. The first-order chi connectivity index (χ1) is 10.9. The monoisotopic (exact) mass is 454 g/mol. The molecule has 1 rings (SSSR count). The lowest BCUT2D eigenvalue weighted by Gasteiger charge is -2.40. The minimum atomic E-state index is -0.206. The maximum absolute atomic E-state index is 11.5. The fourth-order valence-corrected chi connectivity index (χ4v) is 2.75. The van der Waals surface area contributed by atoms with Crippen molar-refractivity contribution >= 4 is 35.9 Å². The molecule has 1 heterocycles. The van der Waals surface area contributed by atoms with Gasteiger partial charge in [0, 0.05) is 18.6 Å². The molecule has 142 valence electrons. The van der Waals surface area contributed by atoms with Gasteiger partial charge in [0.05, 0.1) is 19.6 Å². The summed E-state index contributed by atoms with van der Waals surface area (Å²) >= 11 is 0. The van der Waals surface area contributed by atoms with Crippen LogP contribution in [0.2, 0.25) is 0 Å². The number of rotatable bonds is 7. The van der Waals surface area contributed by atoms with Gasteiger partial charge < -0.3 is 15.4 Å². The van der Waals surface area contributed by atoms with Gasteiger partial charge in [-0.1, -0.05) is 13.3 Å². The molecule has 1 aliphatic rings. The second kappa shape index (κ2) is 11.9. The number of hydrogen-bond donors (Lipinski definition) is 2. The fourth-order valence-electron chi connectivity index (χ4n) is 2.75. The van der Waals surface area contributed by atoms with Crippen LogP contribution in [0.4, 0.5) is 0 Å². The lowest BCUT2D eigenvalue weighted by atomic mass is 9.99. The number of aliphatic imine (C=N–C) groups is 1. The first-order valence-electron chi connectivity index (χ1n) is 8.75. The molecule has 7 heteroatoms. The number of carbonyl (C=O) groups excluding carboxylic acids is 1. The van der Waals surface area contributed by atoms with Crippen LogP contribution in [0.25, 0.3) is 0 Å². The molecule has 0 aliphatic carbocycles. The topological polar surface area (TPSA) is 66.0 Å². The minimum absolute atomic E-state index is 0. The summed E-state index contributed by atoms with van der Waals surface area (Å²) in [5, 5.41) is 6.47. The number of carbonyl (C=O) groups is 1. The van der Waals surface area contributed by atoms with E-state index in [0.29, 0.717) is 6.54 Å². The zero-order valence-electron chi connectivity index (χ0n) is 15.9. The van der Waals surface area contributed by atoms with Crippen molar-refractivity contribution in [3.8, 4) is 0 Å². The number of esters is 1. The van der Waals surface area contributed by atoms with Crippen molar-refractivity contribution < 1.29 is 9.53 Å². The third kappa shape index (κ3) is 8.00. The Morgan fingerprint density at radius 1 is 1.25 bits per heavy atom. The molecule has 0 aromatic heterocycles. The highest BCUT2D eigenvalue weighted by molar-refractivity contribution is 14.0. The van der Waals surface area contributed by atoms with E-state index in [4.69, 9.17) is 9.73 Å². The van der Waals surface area contributed by atoms with Crippen molar-refractivity contribution in [1.29, 1.82) is 0 Å². The van der Waals surface area contributed by atoms with Crippen molar-refractivity contribution in [2.75, 3.05) is 39.8 Å². The van der Waals surface area contributed by atoms with Crippen LogP contribution in [0.15, 0.2) is 4.99 Å². The maximum Gasteiger partial charge on any atom is 0.310 e. The molecule has 0 spiro atoms. The Hall–Kier alpha value is -0.570. The van der Waals surface area contributed by atoms with E-state index in [1.807, 2.05) is 13.8 Å². The lowest BCUT2D eigenvalue weighted by Crippen LogP contribution is -2.50. The summed E-state index contributed by atoms with van der Waals surface area (Å²) in [5.74, 6) is 0.356. The van der Waals surface area contributed by atoms with E-state index in [2.05, 4.69) is 29.4 Å². The number of likely N-dealkylation sites (tertiary alicyclic amines) is 1. The zero-order chi connectivity index (χ0) is 17.3. The van der Waals surface area contributed by atoms with Crippen LogP contribution in [0.3, 0.4) is 0 Å². The number of hydrogen-bond acceptors (Lipinski definition) is 4. The van der Waals surface area contributed by atoms with Crippen molar-refractivity contribution in [3.63, 3.8) is 0 Å². The predicted molar refractivity (Wildman–Crippen MR) is 110 cm³/mol. The third-order valence-electron chi connectivity index (χ3n) is 4.36. The van der Waals surface area contributed by atoms with Crippen LogP contribution in [0.5, 0.6) is 0 Å². The second-order valence-corrected chi connectivity index (χ2v) is 6.86. The van der Waals surface area contributed by atoms with Crippen LogP contribution in [0.1, 0.15) is 47.0 Å². The van der Waals surface area contributed by atoms with Crippen LogP contribution in [-0.2, 0) is 9.53 Å². The molecule has 24 heavy (non-hydrogen) atoms. The first-order valence-corrected chi connectivity index (χ1v) is 8.75. The smallest absolute Gasteiger partial charge is 0.310 e. The molecule has 0 aromatic carbocycles. The Balaban J connectivity index is 0.00000529. The Bertz CT molecular complexity index is 396. The van der Waals surface area contributed by atoms with Gasteiger partial charge in [-0.05, 0) is 46.7 Å². The molecule has 2 N–H and O–H groups in total. The van der Waals surface area contributed by atoms with Gasteiger partial charge in [-0.3, -0.25) is 14.7 Å². The highest BCUT2D eigenvalue weighted by atomic mass is 127. The van der Waals surface area contributed by atoms with Crippen LogP contribution >= 0.6 is 24.0 Å². The number of methoxy groups -OCH3 is 1. The average molecular weight is 454 g/mol. The van der Waals surface area contributed by atoms with E-state index in [1.165, 1.54) is 26.4 Å². The van der Waals surface area contributed by atoms with Gasteiger partial charge in [0.15, 0.2) is 5.96 Å². The molecule has 0 aromatic rings. The number of halogens is 1. The van der Waals surface area contributed by atoms with Crippen LogP contribution < -0.4 is 10.6 Å². The molecule has 1 atom stereocenters. The lowest BCUT2D eigenvalue weighted by molar-refractivity contribution is -0.144. The Morgan fingerprint density at radius 2 is 1.88 bits per heavy atom. The zero-order valence-corrected chi connectivity index (χ0v) is 18.2. The van der Waals surface area contributed by atoms with Gasteiger partial charge in [0.25, 0.3) is 0 Å². The van der Waals surface area contributed by atoms with Gasteiger partial charge in [-0.15, -0.1) is 24.0 Å². The second-order valence-electron chi connectivity index (χ2n) is 6.86. The molecular formula is C17H35IN4O2. The third-order valence-corrected chi connectivity index (χ3v) is 4.36. The fraction of sp³-hybridized carbons (Fsp3) is 0.882. The summed E-state index contributed by atoms with van der Waals surface area (Å²) in [5.41, 5.74) is 0.0523. The van der Waals surface area contributed by atoms with Crippen LogP contribution in [0, 0.1) is 5.92 Å². The van der Waals surface area contributed by atoms with Crippen molar-refractivity contribution in [2.45, 2.75) is 52.5 Å². The molecule has 1 aliphatic heterocycles. The van der Waals surface area contributed by atoms with Crippen molar-refractivity contribution in [1.82, 2.24) is 15.5 Å². The van der Waals surface area contributed by atoms with Gasteiger partial charge in [-0.25, -0.2) is 0 Å². The van der Waals surface area contributed by atoms with Crippen molar-refractivity contribution in [3.05, 3.63) is 0 Å². The molecular weight excluding hydrogens is 419 g/mol. The van der Waals surface area contributed by atoms with E-state index in [9.17, 15) is 4.79 Å². The molecule has 0 amide bonds. The summed E-state index contributed by atoms with van der Waals surface area (Å²) in [4.78, 5) is 18.7. The Kier molecular flexibility index (Phi) is 11.6. The normalized spacial score (nSPS) is 17.6. The summed E-state index contributed by atoms with van der Waals surface area (Å²) < 4.78 is 4.75. The van der Waals surface area contributed by atoms with Gasteiger partial charge in [0.2, 0.25) is 0 Å². The Morgan fingerprint density at radius 3 is 2.42 bits per heavy atom. The highest BCUT2D eigenvalue weighted by Gasteiger charge is 2.27. The van der Waals surface area contributed by atoms with E-state index in [1.54, 1.807) is 0 Å². The van der Waals surface area contributed by atoms with Gasteiger partial charge in [-0.2, -0.15) is 0 Å². The molecule has 0 radical (unpaired) electrons. The summed E-state index contributed by atoms with van der Waals surface area (Å²) in [6.07, 6.45) is 3.90. The van der Waals surface area contributed by atoms with Gasteiger partial charge in [0.1, 0.15) is 0 Å². The van der Waals surface area contributed by atoms with E-state index < -0.39 is 0 Å². The standard InChI is InChI=1S/C17H34N4O2.HI/c1-6-18-16(19-12-14(2)15(22)23-5)20-13-17(3,4)21-10-8-7-9-11-21;/h14H,6-13H2,1-5H3,(H2,18,19,20);1H. The SMILES string of the molecule is CCNC(=NCC(C)(C)N1CCCCC1)NCC(C)C(=O)OC.I. The summed E-state index contributed by atoms with van der Waals surface area (Å²) in [6, 6.07) is 0. The first kappa shape index (κ1) is 23.4. The quantitative estimate of drug-likeness (QED) is 0.267. The predicted octanol–water partition coefficient (Wildman–Crippen LogP) is 2.23. The molecule has 1 unspecified atom stereocenters. The number of nitrogens with one attached hydrogen (secondary N) is 2. The number of ether oxygens (including phenoxy) is 1. The van der Waals surface area contributed by atoms with E-state index in [0.717, 1.165) is 32.1 Å². The minimum Gasteiger partial charge on any atom is -0.469 e. The number of piperidine rings is 1. The largest absolute Gasteiger partial charge is 0.469 e.